The second-order valence-corrected chi connectivity index (χ2v) is 6.30. The van der Waals surface area contributed by atoms with Crippen molar-refractivity contribution in [3.63, 3.8) is 0 Å². The molecule has 3 rings (SSSR count). The SMILES string of the molecule is CC1(SCc2ccccc2)N=C(c2ccccc2)OC1=O. The van der Waals surface area contributed by atoms with Gasteiger partial charge in [-0.2, -0.15) is 0 Å². The number of rotatable bonds is 4. The maximum Gasteiger partial charge on any atom is 0.351 e. The van der Waals surface area contributed by atoms with Crippen LogP contribution in [0.2, 0.25) is 0 Å². The Morgan fingerprint density at radius 1 is 1.05 bits per heavy atom. The number of nitrogens with zero attached hydrogens (tertiary/aromatic N) is 1. The van der Waals surface area contributed by atoms with Crippen LogP contribution in [0.25, 0.3) is 0 Å². The van der Waals surface area contributed by atoms with E-state index < -0.39 is 4.87 Å². The van der Waals surface area contributed by atoms with Crippen LogP contribution in [0, 0.1) is 0 Å². The number of cyclic esters (lactones) is 1. The van der Waals surface area contributed by atoms with Gasteiger partial charge in [0.1, 0.15) is 0 Å². The quantitative estimate of drug-likeness (QED) is 0.809. The largest absolute Gasteiger partial charge is 0.405 e. The van der Waals surface area contributed by atoms with Gasteiger partial charge < -0.3 is 4.74 Å². The Kier molecular flexibility index (Phi) is 3.80. The molecule has 106 valence electrons. The Bertz CT molecular complexity index is 670. The molecule has 0 amide bonds. The topological polar surface area (TPSA) is 38.7 Å². The zero-order chi connectivity index (χ0) is 14.7. The van der Waals surface area contributed by atoms with E-state index in [1.807, 2.05) is 60.7 Å². The highest BCUT2D eigenvalue weighted by Crippen LogP contribution is 2.35. The fourth-order valence-electron chi connectivity index (χ4n) is 2.04. The minimum absolute atomic E-state index is 0.303. The summed E-state index contributed by atoms with van der Waals surface area (Å²) < 4.78 is 5.34. The van der Waals surface area contributed by atoms with Gasteiger partial charge in [-0.15, -0.1) is 11.8 Å². The van der Waals surface area contributed by atoms with Crippen molar-refractivity contribution in [2.24, 2.45) is 4.99 Å². The third kappa shape index (κ3) is 3.00. The van der Waals surface area contributed by atoms with E-state index >= 15 is 0 Å². The summed E-state index contributed by atoms with van der Waals surface area (Å²) in [5, 5.41) is 0. The molecular weight excluding hydrogens is 282 g/mol. The van der Waals surface area contributed by atoms with Crippen molar-refractivity contribution >= 4 is 23.6 Å². The third-order valence-corrected chi connectivity index (χ3v) is 4.56. The Morgan fingerprint density at radius 2 is 1.67 bits per heavy atom. The van der Waals surface area contributed by atoms with E-state index in [4.69, 9.17) is 4.74 Å². The van der Waals surface area contributed by atoms with Crippen molar-refractivity contribution in [3.05, 3.63) is 71.8 Å². The highest BCUT2D eigenvalue weighted by Gasteiger charge is 2.42. The summed E-state index contributed by atoms with van der Waals surface area (Å²) in [4.78, 5) is 15.8. The van der Waals surface area contributed by atoms with Gasteiger partial charge in [-0.3, -0.25) is 0 Å². The van der Waals surface area contributed by atoms with Crippen LogP contribution in [-0.4, -0.2) is 16.7 Å². The van der Waals surface area contributed by atoms with E-state index in [2.05, 4.69) is 4.99 Å². The summed E-state index contributed by atoms with van der Waals surface area (Å²) in [6.07, 6.45) is 0. The van der Waals surface area contributed by atoms with Crippen LogP contribution in [0.3, 0.4) is 0 Å². The van der Waals surface area contributed by atoms with Crippen molar-refractivity contribution in [2.75, 3.05) is 0 Å². The van der Waals surface area contributed by atoms with E-state index in [-0.39, 0.29) is 5.97 Å². The number of benzene rings is 2. The molecule has 1 aliphatic heterocycles. The van der Waals surface area contributed by atoms with Gasteiger partial charge in [-0.25, -0.2) is 9.79 Å². The minimum atomic E-state index is -0.874. The number of hydrogen-bond donors (Lipinski definition) is 0. The standard InChI is InChI=1S/C17H15NO2S/c1-17(21-12-13-8-4-2-5-9-13)16(19)20-15(18-17)14-10-6-3-7-11-14/h2-11H,12H2,1H3. The van der Waals surface area contributed by atoms with Gasteiger partial charge in [-0.1, -0.05) is 48.5 Å². The molecule has 1 heterocycles. The molecule has 21 heavy (non-hydrogen) atoms. The lowest BCUT2D eigenvalue weighted by Gasteiger charge is -2.15. The molecule has 3 nitrogen and oxygen atoms in total. The molecule has 0 N–H and O–H groups in total. The lowest BCUT2D eigenvalue weighted by molar-refractivity contribution is -0.135. The molecule has 2 aromatic rings. The zero-order valence-electron chi connectivity index (χ0n) is 11.7. The monoisotopic (exact) mass is 297 g/mol. The van der Waals surface area contributed by atoms with Gasteiger partial charge in [-0.05, 0) is 24.6 Å². The second-order valence-electron chi connectivity index (χ2n) is 4.93. The van der Waals surface area contributed by atoms with Crippen molar-refractivity contribution in [3.8, 4) is 0 Å². The van der Waals surface area contributed by atoms with Crippen molar-refractivity contribution < 1.29 is 9.53 Å². The summed E-state index contributed by atoms with van der Waals surface area (Å²) in [6.45, 7) is 1.80. The van der Waals surface area contributed by atoms with Gasteiger partial charge in [0.2, 0.25) is 10.8 Å². The van der Waals surface area contributed by atoms with Gasteiger partial charge >= 0.3 is 5.97 Å². The second kappa shape index (κ2) is 5.74. The van der Waals surface area contributed by atoms with E-state index in [0.717, 1.165) is 11.3 Å². The van der Waals surface area contributed by atoms with E-state index in [1.54, 1.807) is 6.92 Å². The molecule has 0 fully saturated rings. The van der Waals surface area contributed by atoms with Crippen LogP contribution in [0.4, 0.5) is 0 Å². The van der Waals surface area contributed by atoms with Crippen molar-refractivity contribution in [1.82, 2.24) is 0 Å². The number of aliphatic imine (C=N–C) groups is 1. The number of thioether (sulfide) groups is 1. The third-order valence-electron chi connectivity index (χ3n) is 3.27. The van der Waals surface area contributed by atoms with Crippen LogP contribution in [0.1, 0.15) is 18.1 Å². The minimum Gasteiger partial charge on any atom is -0.405 e. The molecule has 1 atom stereocenters. The van der Waals surface area contributed by atoms with Gasteiger partial charge in [0.05, 0.1) is 0 Å². The maximum absolute atomic E-state index is 12.1. The van der Waals surface area contributed by atoms with Gasteiger partial charge in [0.25, 0.3) is 0 Å². The van der Waals surface area contributed by atoms with E-state index in [1.165, 1.54) is 17.3 Å². The Labute approximate surface area is 128 Å². The first-order chi connectivity index (χ1) is 10.2. The molecule has 0 radical (unpaired) electrons. The number of ether oxygens (including phenoxy) is 1. The predicted molar refractivity (Wildman–Crippen MR) is 85.2 cm³/mol. The molecule has 4 heteroatoms. The summed E-state index contributed by atoms with van der Waals surface area (Å²) in [5.41, 5.74) is 2.00. The van der Waals surface area contributed by atoms with E-state index in [0.29, 0.717) is 5.90 Å². The number of carbonyl (C=O) groups is 1. The molecular formula is C17H15NO2S. The molecule has 0 aromatic heterocycles. The lowest BCUT2D eigenvalue weighted by atomic mass is 10.2. The average molecular weight is 297 g/mol. The van der Waals surface area contributed by atoms with E-state index in [9.17, 15) is 4.79 Å². The predicted octanol–water partition coefficient (Wildman–Crippen LogP) is 3.64. The normalized spacial score (nSPS) is 21.0. The van der Waals surface area contributed by atoms with Crippen molar-refractivity contribution in [1.29, 1.82) is 0 Å². The first kappa shape index (κ1) is 13.9. The first-order valence-corrected chi connectivity index (χ1v) is 7.71. The van der Waals surface area contributed by atoms with Crippen molar-refractivity contribution in [2.45, 2.75) is 17.5 Å². The molecule has 0 spiro atoms. The fraction of sp³-hybridized carbons (Fsp3) is 0.176. The Hall–Kier alpha value is -2.07. The van der Waals surface area contributed by atoms with Crippen LogP contribution in [0.5, 0.6) is 0 Å². The summed E-state index contributed by atoms with van der Waals surface area (Å²) in [5.74, 6) is 0.823. The maximum atomic E-state index is 12.1. The lowest BCUT2D eigenvalue weighted by Crippen LogP contribution is -2.25. The van der Waals surface area contributed by atoms with Crippen LogP contribution >= 0.6 is 11.8 Å². The van der Waals surface area contributed by atoms with Gasteiger partial charge in [0, 0.05) is 11.3 Å². The zero-order valence-corrected chi connectivity index (χ0v) is 12.5. The van der Waals surface area contributed by atoms with Crippen LogP contribution < -0.4 is 0 Å². The highest BCUT2D eigenvalue weighted by molar-refractivity contribution is 8.00. The summed E-state index contributed by atoms with van der Waals surface area (Å²) >= 11 is 1.48. The van der Waals surface area contributed by atoms with Crippen LogP contribution in [-0.2, 0) is 15.3 Å². The molecule has 0 bridgehead atoms. The van der Waals surface area contributed by atoms with Gasteiger partial charge in [0.15, 0.2) is 0 Å². The smallest absolute Gasteiger partial charge is 0.351 e. The molecule has 0 saturated heterocycles. The number of esters is 1. The fourth-order valence-corrected chi connectivity index (χ4v) is 2.99. The highest BCUT2D eigenvalue weighted by atomic mass is 32.2. The number of hydrogen-bond acceptors (Lipinski definition) is 4. The first-order valence-electron chi connectivity index (χ1n) is 6.73. The Morgan fingerprint density at radius 3 is 2.33 bits per heavy atom. The molecule has 0 saturated carbocycles. The number of carbonyl (C=O) groups excluding carboxylic acids is 1. The molecule has 1 unspecified atom stereocenters. The molecule has 2 aromatic carbocycles. The molecule has 1 aliphatic rings. The average Bonchev–Trinajstić information content (AvgIpc) is 2.83. The summed E-state index contributed by atoms with van der Waals surface area (Å²) in [7, 11) is 0. The summed E-state index contributed by atoms with van der Waals surface area (Å²) in [6, 6.07) is 19.5. The Balaban J connectivity index is 1.77. The van der Waals surface area contributed by atoms with Crippen LogP contribution in [0.15, 0.2) is 65.7 Å². The molecule has 0 aliphatic carbocycles.